The van der Waals surface area contributed by atoms with Crippen LogP contribution in [0.1, 0.15) is 71.1 Å². The van der Waals surface area contributed by atoms with E-state index in [1.165, 1.54) is 45.1 Å². The first-order valence-corrected chi connectivity index (χ1v) is 9.92. The molecule has 3 atom stereocenters. The Hall–Kier alpha value is -0.610. The van der Waals surface area contributed by atoms with Crippen LogP contribution in [0.15, 0.2) is 0 Å². The molecular weight excluding hydrogens is 288 g/mol. The Bertz CT molecular complexity index is 382. The lowest BCUT2D eigenvalue weighted by Crippen LogP contribution is -2.52. The summed E-state index contributed by atoms with van der Waals surface area (Å²) in [4.78, 5) is 15.3. The number of carbonyl (C=O) groups is 1. The Morgan fingerprint density at radius 3 is 2.74 bits per heavy atom. The maximum atomic E-state index is 12.6. The predicted molar refractivity (Wildman–Crippen MR) is 92.4 cm³/mol. The molecular formula is C19H34N2O2. The van der Waals surface area contributed by atoms with Crippen molar-refractivity contribution in [1.29, 1.82) is 0 Å². The van der Waals surface area contributed by atoms with Gasteiger partial charge >= 0.3 is 0 Å². The topological polar surface area (TPSA) is 41.6 Å². The monoisotopic (exact) mass is 322 g/mol. The molecule has 3 unspecified atom stereocenters. The highest BCUT2D eigenvalue weighted by Gasteiger charge is 2.31. The van der Waals surface area contributed by atoms with Crippen molar-refractivity contribution < 1.29 is 9.53 Å². The fraction of sp³-hybridized carbons (Fsp3) is 0.947. The molecule has 4 heteroatoms. The maximum Gasteiger partial charge on any atom is 0.223 e. The van der Waals surface area contributed by atoms with Gasteiger partial charge in [-0.15, -0.1) is 0 Å². The van der Waals surface area contributed by atoms with Gasteiger partial charge < -0.3 is 10.1 Å². The highest BCUT2D eigenvalue weighted by Crippen LogP contribution is 2.26. The van der Waals surface area contributed by atoms with Gasteiger partial charge in [-0.05, 0) is 51.5 Å². The van der Waals surface area contributed by atoms with Gasteiger partial charge in [0.05, 0.1) is 6.10 Å². The molecule has 3 fully saturated rings. The van der Waals surface area contributed by atoms with Crippen LogP contribution in [-0.2, 0) is 9.53 Å². The maximum absolute atomic E-state index is 12.6. The summed E-state index contributed by atoms with van der Waals surface area (Å²) in [6.45, 7) is 5.19. The van der Waals surface area contributed by atoms with Crippen molar-refractivity contribution in [3.8, 4) is 0 Å². The predicted octanol–water partition coefficient (Wildman–Crippen LogP) is 3.10. The Labute approximate surface area is 141 Å². The molecule has 0 spiro atoms. The van der Waals surface area contributed by atoms with Crippen molar-refractivity contribution in [2.75, 3.05) is 19.7 Å². The lowest BCUT2D eigenvalue weighted by Gasteiger charge is -2.40. The van der Waals surface area contributed by atoms with Gasteiger partial charge in [0.1, 0.15) is 0 Å². The number of likely N-dealkylation sites (tertiary alicyclic amines) is 1. The third-order valence-electron chi connectivity index (χ3n) is 6.08. The van der Waals surface area contributed by atoms with E-state index in [-0.39, 0.29) is 17.9 Å². The smallest absolute Gasteiger partial charge is 0.223 e. The van der Waals surface area contributed by atoms with Crippen LogP contribution in [0.4, 0.5) is 0 Å². The van der Waals surface area contributed by atoms with Crippen LogP contribution in [0.2, 0.25) is 0 Å². The SMILES string of the molecule is CCC1CC(C(=O)NC2CCCN(C3CCCCC3)C2)CCO1. The van der Waals surface area contributed by atoms with Crippen molar-refractivity contribution in [2.24, 2.45) is 5.92 Å². The minimum absolute atomic E-state index is 0.166. The summed E-state index contributed by atoms with van der Waals surface area (Å²) in [6.07, 6.45) is 12.4. The highest BCUT2D eigenvalue weighted by atomic mass is 16.5. The Balaban J connectivity index is 1.47. The summed E-state index contributed by atoms with van der Waals surface area (Å²) in [5.74, 6) is 0.445. The number of hydrogen-bond acceptors (Lipinski definition) is 3. The molecule has 23 heavy (non-hydrogen) atoms. The van der Waals surface area contributed by atoms with E-state index in [4.69, 9.17) is 4.74 Å². The Morgan fingerprint density at radius 2 is 1.96 bits per heavy atom. The summed E-state index contributed by atoms with van der Waals surface area (Å²) in [5, 5.41) is 3.37. The third-order valence-corrected chi connectivity index (χ3v) is 6.08. The second kappa shape index (κ2) is 8.48. The first-order chi connectivity index (χ1) is 11.3. The summed E-state index contributed by atoms with van der Waals surface area (Å²) < 4.78 is 5.71. The van der Waals surface area contributed by atoms with Gasteiger partial charge in [0.15, 0.2) is 0 Å². The number of nitrogens with one attached hydrogen (secondary N) is 1. The van der Waals surface area contributed by atoms with Gasteiger partial charge in [0.2, 0.25) is 5.91 Å². The zero-order chi connectivity index (χ0) is 16.1. The van der Waals surface area contributed by atoms with Crippen molar-refractivity contribution >= 4 is 5.91 Å². The van der Waals surface area contributed by atoms with E-state index >= 15 is 0 Å². The first-order valence-electron chi connectivity index (χ1n) is 9.92. The number of nitrogens with zero attached hydrogens (tertiary/aromatic N) is 1. The zero-order valence-corrected chi connectivity index (χ0v) is 14.8. The molecule has 3 rings (SSSR count). The second-order valence-corrected chi connectivity index (χ2v) is 7.76. The van der Waals surface area contributed by atoms with E-state index < -0.39 is 0 Å². The summed E-state index contributed by atoms with van der Waals surface area (Å²) >= 11 is 0. The normalized spacial score (nSPS) is 34.2. The lowest BCUT2D eigenvalue weighted by molar-refractivity contribution is -0.131. The molecule has 2 heterocycles. The van der Waals surface area contributed by atoms with Crippen LogP contribution >= 0.6 is 0 Å². The van der Waals surface area contributed by atoms with Crippen LogP contribution in [-0.4, -0.2) is 48.7 Å². The third kappa shape index (κ3) is 4.69. The van der Waals surface area contributed by atoms with Gasteiger partial charge in [0.25, 0.3) is 0 Å². The molecule has 3 aliphatic rings. The average Bonchev–Trinajstić information content (AvgIpc) is 2.63. The zero-order valence-electron chi connectivity index (χ0n) is 14.8. The highest BCUT2D eigenvalue weighted by molar-refractivity contribution is 5.79. The van der Waals surface area contributed by atoms with Gasteiger partial charge in [-0.25, -0.2) is 0 Å². The van der Waals surface area contributed by atoms with Crippen LogP contribution in [0.3, 0.4) is 0 Å². The average molecular weight is 322 g/mol. The van der Waals surface area contributed by atoms with Crippen molar-refractivity contribution in [3.05, 3.63) is 0 Å². The quantitative estimate of drug-likeness (QED) is 0.865. The van der Waals surface area contributed by atoms with E-state index in [1.54, 1.807) is 0 Å². The standard InChI is InChI=1S/C19H34N2O2/c1-2-18-13-15(10-12-23-18)19(22)20-16-7-6-11-21(14-16)17-8-4-3-5-9-17/h15-18H,2-14H2,1H3,(H,20,22). The molecule has 132 valence electrons. The number of hydrogen-bond donors (Lipinski definition) is 1. The van der Waals surface area contributed by atoms with E-state index in [2.05, 4.69) is 17.1 Å². The van der Waals surface area contributed by atoms with Gasteiger partial charge in [0, 0.05) is 31.2 Å². The minimum atomic E-state index is 0.166. The molecule has 0 aromatic heterocycles. The number of rotatable bonds is 4. The van der Waals surface area contributed by atoms with Gasteiger partial charge in [-0.2, -0.15) is 0 Å². The fourth-order valence-electron chi connectivity index (χ4n) is 4.62. The molecule has 1 N–H and O–H groups in total. The van der Waals surface area contributed by atoms with Crippen molar-refractivity contribution in [1.82, 2.24) is 10.2 Å². The molecule has 1 amide bonds. The first kappa shape index (κ1) is 17.2. The van der Waals surface area contributed by atoms with Gasteiger partial charge in [-0.1, -0.05) is 26.2 Å². The van der Waals surface area contributed by atoms with Crippen molar-refractivity contribution in [3.63, 3.8) is 0 Å². The molecule has 1 aliphatic carbocycles. The van der Waals surface area contributed by atoms with Crippen LogP contribution in [0.25, 0.3) is 0 Å². The number of carbonyl (C=O) groups excluding carboxylic acids is 1. The number of amides is 1. The number of piperidine rings is 1. The summed E-state index contributed by atoms with van der Waals surface area (Å²) in [5.41, 5.74) is 0. The summed E-state index contributed by atoms with van der Waals surface area (Å²) in [6, 6.07) is 1.14. The largest absolute Gasteiger partial charge is 0.378 e. The number of ether oxygens (including phenoxy) is 1. The van der Waals surface area contributed by atoms with Gasteiger partial charge in [-0.3, -0.25) is 9.69 Å². The molecule has 0 radical (unpaired) electrons. The molecule has 0 aromatic carbocycles. The molecule has 0 bridgehead atoms. The molecule has 0 aromatic rings. The van der Waals surface area contributed by atoms with Crippen LogP contribution in [0.5, 0.6) is 0 Å². The summed E-state index contributed by atoms with van der Waals surface area (Å²) in [7, 11) is 0. The van der Waals surface area contributed by atoms with E-state index in [9.17, 15) is 4.79 Å². The Kier molecular flexibility index (Phi) is 6.35. The van der Waals surface area contributed by atoms with E-state index in [0.717, 1.165) is 44.9 Å². The Morgan fingerprint density at radius 1 is 1.13 bits per heavy atom. The fourth-order valence-corrected chi connectivity index (χ4v) is 4.62. The van der Waals surface area contributed by atoms with Crippen molar-refractivity contribution in [2.45, 2.75) is 89.3 Å². The molecule has 2 aliphatic heterocycles. The minimum Gasteiger partial charge on any atom is -0.378 e. The van der Waals surface area contributed by atoms with E-state index in [0.29, 0.717) is 6.04 Å². The molecule has 1 saturated carbocycles. The lowest BCUT2D eigenvalue weighted by atomic mass is 9.91. The molecule has 4 nitrogen and oxygen atoms in total. The van der Waals surface area contributed by atoms with E-state index in [1.807, 2.05) is 0 Å². The second-order valence-electron chi connectivity index (χ2n) is 7.76. The molecule has 2 saturated heterocycles. The van der Waals surface area contributed by atoms with Crippen LogP contribution < -0.4 is 5.32 Å². The van der Waals surface area contributed by atoms with Crippen LogP contribution in [0, 0.1) is 5.92 Å².